The molecule has 0 atom stereocenters. The second-order valence-corrected chi connectivity index (χ2v) is 3.30. The fraction of sp³-hybridized carbons (Fsp3) is 0.400. The lowest BCUT2D eigenvalue weighted by atomic mass is 10.1. The summed E-state index contributed by atoms with van der Waals surface area (Å²) in [6, 6.07) is 4.17. The van der Waals surface area contributed by atoms with Crippen LogP contribution in [0.4, 0.5) is 8.78 Å². The summed E-state index contributed by atoms with van der Waals surface area (Å²) in [5, 5.41) is 2.45. The third-order valence-electron chi connectivity index (χ3n) is 2.19. The Kier molecular flexibility index (Phi) is 2.48. The van der Waals surface area contributed by atoms with Crippen molar-refractivity contribution in [2.24, 2.45) is 0 Å². The van der Waals surface area contributed by atoms with Gasteiger partial charge in [-0.2, -0.15) is 8.78 Å². The monoisotopic (exact) mass is 215 g/mol. The molecule has 82 valence electrons. The minimum Gasteiger partial charge on any atom is -0.454 e. The van der Waals surface area contributed by atoms with Crippen LogP contribution in [0.5, 0.6) is 11.5 Å². The summed E-state index contributed by atoms with van der Waals surface area (Å²) in [6.45, 7) is -0.303. The lowest BCUT2D eigenvalue weighted by Crippen LogP contribution is -2.27. The van der Waals surface area contributed by atoms with Crippen molar-refractivity contribution in [1.29, 1.82) is 0 Å². The van der Waals surface area contributed by atoms with Crippen molar-refractivity contribution >= 4 is 0 Å². The van der Waals surface area contributed by atoms with Gasteiger partial charge in [-0.05, 0) is 25.2 Å². The van der Waals surface area contributed by atoms with Gasteiger partial charge in [-0.3, -0.25) is 0 Å². The van der Waals surface area contributed by atoms with Gasteiger partial charge in [0.1, 0.15) is 0 Å². The molecule has 1 heterocycles. The van der Waals surface area contributed by atoms with E-state index in [0.29, 0.717) is 11.5 Å². The largest absolute Gasteiger partial charge is 0.454 e. The van der Waals surface area contributed by atoms with Gasteiger partial charge in [0, 0.05) is 5.56 Å². The molecule has 0 amide bonds. The third kappa shape index (κ3) is 1.87. The summed E-state index contributed by atoms with van der Waals surface area (Å²) in [4.78, 5) is 0. The van der Waals surface area contributed by atoms with E-state index in [1.54, 1.807) is 0 Å². The number of nitrogens with one attached hydrogen (secondary N) is 1. The van der Waals surface area contributed by atoms with Gasteiger partial charge in [0.2, 0.25) is 6.79 Å². The molecule has 0 aliphatic carbocycles. The number of benzene rings is 1. The second kappa shape index (κ2) is 3.66. The predicted molar refractivity (Wildman–Crippen MR) is 50.4 cm³/mol. The number of likely N-dealkylation sites (N-methyl/N-ethyl adjacent to an activating group) is 1. The minimum atomic E-state index is -2.89. The molecule has 0 bridgehead atoms. The molecule has 1 aromatic carbocycles. The molecule has 0 fully saturated rings. The van der Waals surface area contributed by atoms with E-state index in [9.17, 15) is 8.78 Å². The molecule has 1 N–H and O–H groups in total. The molecule has 1 aliphatic rings. The number of hydrogen-bond acceptors (Lipinski definition) is 3. The zero-order valence-electron chi connectivity index (χ0n) is 8.22. The quantitative estimate of drug-likeness (QED) is 0.832. The van der Waals surface area contributed by atoms with Gasteiger partial charge in [0.15, 0.2) is 11.5 Å². The number of alkyl halides is 2. The lowest BCUT2D eigenvalue weighted by molar-refractivity contribution is -0.00141. The van der Waals surface area contributed by atoms with Gasteiger partial charge >= 0.3 is 0 Å². The average Bonchev–Trinajstić information content (AvgIpc) is 2.63. The summed E-state index contributed by atoms with van der Waals surface area (Å²) in [6.07, 6.45) is 0. The lowest BCUT2D eigenvalue weighted by Gasteiger charge is -2.16. The molecular formula is C10H11F2NO2. The molecule has 0 aromatic heterocycles. The van der Waals surface area contributed by atoms with Crippen LogP contribution in [-0.2, 0) is 5.92 Å². The highest BCUT2D eigenvalue weighted by molar-refractivity contribution is 5.45. The molecule has 3 nitrogen and oxygen atoms in total. The van der Waals surface area contributed by atoms with Crippen LogP contribution in [0.15, 0.2) is 18.2 Å². The van der Waals surface area contributed by atoms with Crippen LogP contribution in [0.25, 0.3) is 0 Å². The van der Waals surface area contributed by atoms with Crippen LogP contribution in [0.1, 0.15) is 5.56 Å². The normalized spacial score (nSPS) is 14.3. The van der Waals surface area contributed by atoms with Crippen LogP contribution in [0, 0.1) is 0 Å². The standard InChI is InChI=1S/C10H11F2NO2/c1-13-5-10(11,12)7-2-3-8-9(4-7)15-6-14-8/h2-4,13H,5-6H2,1H3. The Bertz CT molecular complexity index is 368. The SMILES string of the molecule is CNCC(F)(F)c1ccc2c(c1)OCO2. The maximum Gasteiger partial charge on any atom is 0.285 e. The molecular weight excluding hydrogens is 204 g/mol. The van der Waals surface area contributed by atoms with Gasteiger partial charge in [0.25, 0.3) is 5.92 Å². The van der Waals surface area contributed by atoms with Crippen LogP contribution >= 0.6 is 0 Å². The summed E-state index contributed by atoms with van der Waals surface area (Å²) in [7, 11) is 1.49. The Labute approximate surface area is 86.0 Å². The minimum absolute atomic E-state index is 0.0684. The van der Waals surface area contributed by atoms with Crippen LogP contribution in [-0.4, -0.2) is 20.4 Å². The highest BCUT2D eigenvalue weighted by Gasteiger charge is 2.32. The van der Waals surface area contributed by atoms with Gasteiger partial charge in [-0.25, -0.2) is 0 Å². The van der Waals surface area contributed by atoms with Gasteiger partial charge in [0.05, 0.1) is 6.54 Å². The van der Waals surface area contributed by atoms with Crippen molar-refractivity contribution in [3.63, 3.8) is 0 Å². The Morgan fingerprint density at radius 2 is 2.07 bits per heavy atom. The zero-order valence-corrected chi connectivity index (χ0v) is 8.22. The van der Waals surface area contributed by atoms with Crippen LogP contribution < -0.4 is 14.8 Å². The first-order chi connectivity index (χ1) is 7.13. The van der Waals surface area contributed by atoms with E-state index in [4.69, 9.17) is 9.47 Å². The van der Waals surface area contributed by atoms with E-state index >= 15 is 0 Å². The average molecular weight is 215 g/mol. The molecule has 5 heteroatoms. The molecule has 2 rings (SSSR count). The molecule has 0 saturated carbocycles. The van der Waals surface area contributed by atoms with Crippen LogP contribution in [0.3, 0.4) is 0 Å². The summed E-state index contributed by atoms with van der Waals surface area (Å²) in [5.74, 6) is -2.00. The van der Waals surface area contributed by atoms with Crippen LogP contribution in [0.2, 0.25) is 0 Å². The molecule has 0 unspecified atom stereocenters. The van der Waals surface area contributed by atoms with E-state index in [0.717, 1.165) is 0 Å². The van der Waals surface area contributed by atoms with E-state index in [-0.39, 0.29) is 12.4 Å². The fourth-order valence-electron chi connectivity index (χ4n) is 1.45. The summed E-state index contributed by atoms with van der Waals surface area (Å²) < 4.78 is 37.0. The Balaban J connectivity index is 2.29. The topological polar surface area (TPSA) is 30.5 Å². The molecule has 1 aromatic rings. The summed E-state index contributed by atoms with van der Waals surface area (Å²) >= 11 is 0. The van der Waals surface area contributed by atoms with E-state index in [2.05, 4.69) is 5.32 Å². The first-order valence-corrected chi connectivity index (χ1v) is 4.56. The molecule has 15 heavy (non-hydrogen) atoms. The van der Waals surface area contributed by atoms with Crippen molar-refractivity contribution in [3.05, 3.63) is 23.8 Å². The molecule has 0 spiro atoms. The van der Waals surface area contributed by atoms with Crippen molar-refractivity contribution in [2.75, 3.05) is 20.4 Å². The highest BCUT2D eigenvalue weighted by atomic mass is 19.3. The number of ether oxygens (including phenoxy) is 2. The maximum atomic E-state index is 13.5. The number of hydrogen-bond donors (Lipinski definition) is 1. The van der Waals surface area contributed by atoms with Crippen molar-refractivity contribution in [3.8, 4) is 11.5 Å². The molecule has 0 saturated heterocycles. The first-order valence-electron chi connectivity index (χ1n) is 4.56. The Hall–Kier alpha value is -1.36. The Morgan fingerprint density at radius 1 is 1.33 bits per heavy atom. The third-order valence-corrected chi connectivity index (χ3v) is 2.19. The predicted octanol–water partition coefficient (Wildman–Crippen LogP) is 1.73. The number of rotatable bonds is 3. The van der Waals surface area contributed by atoms with E-state index in [1.165, 1.54) is 25.2 Å². The second-order valence-electron chi connectivity index (χ2n) is 3.30. The van der Waals surface area contributed by atoms with Gasteiger partial charge in [-0.15, -0.1) is 0 Å². The number of fused-ring (bicyclic) bond motifs is 1. The molecule has 0 radical (unpaired) electrons. The first kappa shape index (κ1) is 10.2. The van der Waals surface area contributed by atoms with Gasteiger partial charge in [-0.1, -0.05) is 0 Å². The summed E-state index contributed by atoms with van der Waals surface area (Å²) in [5.41, 5.74) is -0.0684. The highest BCUT2D eigenvalue weighted by Crippen LogP contribution is 2.37. The fourth-order valence-corrected chi connectivity index (χ4v) is 1.45. The van der Waals surface area contributed by atoms with Gasteiger partial charge < -0.3 is 14.8 Å². The van der Waals surface area contributed by atoms with E-state index in [1.807, 2.05) is 0 Å². The Morgan fingerprint density at radius 3 is 2.80 bits per heavy atom. The van der Waals surface area contributed by atoms with Crippen molar-refractivity contribution in [1.82, 2.24) is 5.32 Å². The smallest absolute Gasteiger partial charge is 0.285 e. The van der Waals surface area contributed by atoms with Crippen molar-refractivity contribution in [2.45, 2.75) is 5.92 Å². The van der Waals surface area contributed by atoms with Crippen molar-refractivity contribution < 1.29 is 18.3 Å². The van der Waals surface area contributed by atoms with E-state index < -0.39 is 12.5 Å². The number of halogens is 2. The zero-order chi connectivity index (χ0) is 10.9. The molecule has 1 aliphatic heterocycles. The maximum absolute atomic E-state index is 13.5.